The van der Waals surface area contributed by atoms with Crippen LogP contribution in [0.15, 0.2) is 54.9 Å². The average Bonchev–Trinajstić information content (AvgIpc) is 2.47. The molecular formula is C15H16F2N2. The average molecular weight is 262 g/mol. The third-order valence-electron chi connectivity index (χ3n) is 3.03. The van der Waals surface area contributed by atoms with Crippen LogP contribution in [0.3, 0.4) is 0 Å². The molecule has 0 spiro atoms. The quantitative estimate of drug-likeness (QED) is 0.891. The van der Waals surface area contributed by atoms with Crippen LogP contribution >= 0.6 is 0 Å². The van der Waals surface area contributed by atoms with Gasteiger partial charge < -0.3 is 5.32 Å². The summed E-state index contributed by atoms with van der Waals surface area (Å²) >= 11 is 0. The van der Waals surface area contributed by atoms with Crippen LogP contribution in [0, 0.1) is 0 Å². The second-order valence-corrected chi connectivity index (χ2v) is 4.45. The number of hydrogen-bond acceptors (Lipinski definition) is 2. The van der Waals surface area contributed by atoms with E-state index in [0.29, 0.717) is 0 Å². The highest BCUT2D eigenvalue weighted by atomic mass is 19.3. The highest BCUT2D eigenvalue weighted by Gasteiger charge is 2.31. The Balaban J connectivity index is 1.99. The highest BCUT2D eigenvalue weighted by Crippen LogP contribution is 2.27. The van der Waals surface area contributed by atoms with E-state index in [9.17, 15) is 8.78 Å². The number of hydrogen-bond donors (Lipinski definition) is 1. The summed E-state index contributed by atoms with van der Waals surface area (Å²) in [6.45, 7) is 1.47. The number of rotatable bonds is 5. The highest BCUT2D eigenvalue weighted by molar-refractivity contribution is 5.21. The Morgan fingerprint density at radius 3 is 2.37 bits per heavy atom. The molecule has 0 amide bonds. The summed E-state index contributed by atoms with van der Waals surface area (Å²) < 4.78 is 27.9. The first-order valence-corrected chi connectivity index (χ1v) is 6.16. The van der Waals surface area contributed by atoms with Crippen molar-refractivity contribution in [3.63, 3.8) is 0 Å². The van der Waals surface area contributed by atoms with Gasteiger partial charge in [-0.15, -0.1) is 0 Å². The largest absolute Gasteiger partial charge is 0.304 e. The molecule has 1 heterocycles. The van der Waals surface area contributed by atoms with E-state index >= 15 is 0 Å². The fraction of sp³-hybridized carbons (Fsp3) is 0.267. The molecule has 100 valence electrons. The Labute approximate surface area is 111 Å². The minimum atomic E-state index is -2.87. The molecule has 19 heavy (non-hydrogen) atoms. The lowest BCUT2D eigenvalue weighted by atomic mass is 10.1. The molecule has 0 unspecified atom stereocenters. The first-order valence-electron chi connectivity index (χ1n) is 6.16. The Hall–Kier alpha value is -1.81. The van der Waals surface area contributed by atoms with Gasteiger partial charge in [-0.2, -0.15) is 8.78 Å². The summed E-state index contributed by atoms with van der Waals surface area (Å²) in [4.78, 5) is 3.91. The molecular weight excluding hydrogens is 246 g/mol. The second kappa shape index (κ2) is 5.89. The predicted molar refractivity (Wildman–Crippen MR) is 71.0 cm³/mol. The molecule has 0 radical (unpaired) electrons. The lowest BCUT2D eigenvalue weighted by Gasteiger charge is -2.21. The second-order valence-electron chi connectivity index (χ2n) is 4.45. The van der Waals surface area contributed by atoms with Gasteiger partial charge in [-0.05, 0) is 24.6 Å². The fourth-order valence-electron chi connectivity index (χ4n) is 1.84. The van der Waals surface area contributed by atoms with Crippen molar-refractivity contribution in [2.24, 2.45) is 0 Å². The van der Waals surface area contributed by atoms with E-state index in [2.05, 4.69) is 10.3 Å². The summed E-state index contributed by atoms with van der Waals surface area (Å²) in [5.41, 5.74) is 0.975. The summed E-state index contributed by atoms with van der Waals surface area (Å²) in [7, 11) is 0. The maximum Gasteiger partial charge on any atom is 0.285 e. The molecule has 0 aliphatic heterocycles. The molecule has 1 aromatic carbocycles. The van der Waals surface area contributed by atoms with E-state index in [1.807, 2.05) is 19.1 Å². The van der Waals surface area contributed by atoms with Gasteiger partial charge in [-0.3, -0.25) is 4.98 Å². The Morgan fingerprint density at radius 1 is 1.11 bits per heavy atom. The van der Waals surface area contributed by atoms with Crippen LogP contribution < -0.4 is 5.32 Å². The SMILES string of the molecule is C[C@H](NCC(F)(F)c1ccccc1)c1ccncc1. The number of benzene rings is 1. The first kappa shape index (κ1) is 13.6. The van der Waals surface area contributed by atoms with Crippen molar-refractivity contribution < 1.29 is 8.78 Å². The standard InChI is InChI=1S/C15H16F2N2/c1-12(13-7-9-18-10-8-13)19-11-15(16,17)14-5-3-2-4-6-14/h2-10,12,19H,11H2,1H3/t12-/m0/s1. The number of halogens is 2. The molecule has 0 bridgehead atoms. The van der Waals surface area contributed by atoms with Crippen molar-refractivity contribution in [3.8, 4) is 0 Å². The molecule has 0 saturated heterocycles. The number of nitrogens with zero attached hydrogens (tertiary/aromatic N) is 1. The zero-order valence-electron chi connectivity index (χ0n) is 10.7. The molecule has 2 rings (SSSR count). The Bertz CT molecular complexity index is 500. The van der Waals surface area contributed by atoms with Crippen molar-refractivity contribution >= 4 is 0 Å². The van der Waals surface area contributed by atoms with Gasteiger partial charge >= 0.3 is 0 Å². The molecule has 0 fully saturated rings. The van der Waals surface area contributed by atoms with Gasteiger partial charge in [-0.1, -0.05) is 30.3 Å². The Morgan fingerprint density at radius 2 is 1.74 bits per heavy atom. The van der Waals surface area contributed by atoms with Crippen LogP contribution in [-0.4, -0.2) is 11.5 Å². The minimum absolute atomic E-state index is 0.0319. The van der Waals surface area contributed by atoms with Crippen molar-refractivity contribution in [1.29, 1.82) is 0 Å². The van der Waals surface area contributed by atoms with Crippen LogP contribution in [0.5, 0.6) is 0 Å². The number of alkyl halides is 2. The predicted octanol–water partition coefficient (Wildman–Crippen LogP) is 3.52. The first-order chi connectivity index (χ1) is 9.09. The lowest BCUT2D eigenvalue weighted by Crippen LogP contribution is -2.32. The normalized spacial score (nSPS) is 13.2. The number of aromatic nitrogens is 1. The maximum absolute atomic E-state index is 14.0. The van der Waals surface area contributed by atoms with Gasteiger partial charge in [-0.25, -0.2) is 0 Å². The summed E-state index contributed by atoms with van der Waals surface area (Å²) in [6.07, 6.45) is 3.31. The van der Waals surface area contributed by atoms with Crippen LogP contribution in [-0.2, 0) is 5.92 Å². The van der Waals surface area contributed by atoms with Crippen molar-refractivity contribution in [2.75, 3.05) is 6.54 Å². The van der Waals surface area contributed by atoms with Crippen molar-refractivity contribution in [2.45, 2.75) is 18.9 Å². The van der Waals surface area contributed by atoms with E-state index in [4.69, 9.17) is 0 Å². The molecule has 2 nitrogen and oxygen atoms in total. The molecule has 0 aliphatic rings. The molecule has 4 heteroatoms. The third kappa shape index (κ3) is 3.58. The van der Waals surface area contributed by atoms with E-state index in [0.717, 1.165) is 5.56 Å². The van der Waals surface area contributed by atoms with Gasteiger partial charge in [0.2, 0.25) is 0 Å². The molecule has 0 saturated carbocycles. The Kier molecular flexibility index (Phi) is 4.22. The van der Waals surface area contributed by atoms with E-state index in [1.54, 1.807) is 30.6 Å². The third-order valence-corrected chi connectivity index (χ3v) is 3.03. The molecule has 1 N–H and O–H groups in total. The topological polar surface area (TPSA) is 24.9 Å². The molecule has 1 atom stereocenters. The van der Waals surface area contributed by atoms with Gasteiger partial charge in [0.15, 0.2) is 0 Å². The van der Waals surface area contributed by atoms with E-state index in [-0.39, 0.29) is 18.2 Å². The fourth-order valence-corrected chi connectivity index (χ4v) is 1.84. The van der Waals surface area contributed by atoms with Crippen LogP contribution in [0.2, 0.25) is 0 Å². The summed E-state index contributed by atoms with van der Waals surface area (Å²) in [6, 6.07) is 11.4. The molecule has 0 aliphatic carbocycles. The van der Waals surface area contributed by atoms with Crippen molar-refractivity contribution in [3.05, 3.63) is 66.0 Å². The smallest absolute Gasteiger partial charge is 0.285 e. The molecule has 1 aromatic heterocycles. The number of pyridine rings is 1. The van der Waals surface area contributed by atoms with Gasteiger partial charge in [0.05, 0.1) is 6.54 Å². The minimum Gasteiger partial charge on any atom is -0.304 e. The summed E-state index contributed by atoms with van der Waals surface area (Å²) in [5.74, 6) is -2.87. The zero-order valence-corrected chi connectivity index (χ0v) is 10.7. The van der Waals surface area contributed by atoms with E-state index in [1.165, 1.54) is 12.1 Å². The maximum atomic E-state index is 14.0. The van der Waals surface area contributed by atoms with Gasteiger partial charge in [0.1, 0.15) is 0 Å². The van der Waals surface area contributed by atoms with E-state index < -0.39 is 5.92 Å². The monoisotopic (exact) mass is 262 g/mol. The molecule has 2 aromatic rings. The lowest BCUT2D eigenvalue weighted by molar-refractivity contribution is -0.00534. The zero-order chi connectivity index (χ0) is 13.7. The number of nitrogens with one attached hydrogen (secondary N) is 1. The van der Waals surface area contributed by atoms with Crippen LogP contribution in [0.1, 0.15) is 24.1 Å². The summed E-state index contributed by atoms with van der Waals surface area (Å²) in [5, 5.41) is 2.86. The van der Waals surface area contributed by atoms with Crippen LogP contribution in [0.4, 0.5) is 8.78 Å². The van der Waals surface area contributed by atoms with Gasteiger partial charge in [0, 0.05) is 24.0 Å². The van der Waals surface area contributed by atoms with Crippen molar-refractivity contribution in [1.82, 2.24) is 10.3 Å². The van der Waals surface area contributed by atoms with Gasteiger partial charge in [0.25, 0.3) is 5.92 Å². The van der Waals surface area contributed by atoms with Crippen LogP contribution in [0.25, 0.3) is 0 Å².